The van der Waals surface area contributed by atoms with Crippen LogP contribution in [0.2, 0.25) is 0 Å². The number of carbonyl (C=O) groups is 1. The Hall–Kier alpha value is -1.19. The minimum Gasteiger partial charge on any atom is -0.388 e. The fraction of sp³-hybridized carbons (Fsp3) is 0.500. The molecule has 1 aliphatic rings. The van der Waals surface area contributed by atoms with Crippen LogP contribution in [0.5, 0.6) is 0 Å². The van der Waals surface area contributed by atoms with Crippen molar-refractivity contribution in [3.05, 3.63) is 35.4 Å². The molecule has 1 fully saturated rings. The van der Waals surface area contributed by atoms with Gasteiger partial charge in [-0.1, -0.05) is 24.3 Å². The first-order chi connectivity index (χ1) is 8.20. The zero-order valence-corrected chi connectivity index (χ0v) is 10.2. The number of carbonyl (C=O) groups excluding carboxylic acids is 1. The molecule has 17 heavy (non-hydrogen) atoms. The highest BCUT2D eigenvalue weighted by Crippen LogP contribution is 2.29. The fourth-order valence-corrected chi connectivity index (χ4v) is 2.51. The van der Waals surface area contributed by atoms with E-state index >= 15 is 0 Å². The molecule has 1 N–H and O–H groups in total. The van der Waals surface area contributed by atoms with Gasteiger partial charge in [0.15, 0.2) is 0 Å². The Morgan fingerprint density at radius 1 is 1.41 bits per heavy atom. The molecule has 2 atom stereocenters. The van der Waals surface area contributed by atoms with Gasteiger partial charge in [-0.2, -0.15) is 0 Å². The lowest BCUT2D eigenvalue weighted by Crippen LogP contribution is -2.35. The Morgan fingerprint density at radius 2 is 2.12 bits per heavy atom. The lowest BCUT2D eigenvalue weighted by molar-refractivity contribution is 0.0592. The normalized spacial score (nSPS) is 23.3. The molecule has 2 unspecified atom stereocenters. The molecule has 3 nitrogen and oxygen atoms in total. The Labute approximate surface area is 102 Å². The molecule has 1 heterocycles. The number of aliphatic hydroxyl groups is 1. The minimum absolute atomic E-state index is 0.302. The predicted octanol–water partition coefficient (Wildman–Crippen LogP) is 1.87. The van der Waals surface area contributed by atoms with Crippen LogP contribution in [-0.2, 0) is 0 Å². The van der Waals surface area contributed by atoms with Crippen LogP contribution in [0.1, 0.15) is 34.9 Å². The van der Waals surface area contributed by atoms with E-state index in [1.54, 1.807) is 12.1 Å². The molecule has 0 saturated carbocycles. The SMILES string of the molecule is CN1CCCC(C(O)c2ccc(C=O)cc2)C1. The van der Waals surface area contributed by atoms with E-state index in [0.717, 1.165) is 37.8 Å². The average Bonchev–Trinajstić information content (AvgIpc) is 2.38. The van der Waals surface area contributed by atoms with Crippen molar-refractivity contribution >= 4 is 6.29 Å². The molecule has 1 aromatic carbocycles. The summed E-state index contributed by atoms with van der Waals surface area (Å²) in [6, 6.07) is 7.22. The smallest absolute Gasteiger partial charge is 0.150 e. The van der Waals surface area contributed by atoms with Crippen LogP contribution in [0, 0.1) is 5.92 Å². The molecular weight excluding hydrogens is 214 g/mol. The first-order valence-corrected chi connectivity index (χ1v) is 6.12. The molecule has 0 bridgehead atoms. The van der Waals surface area contributed by atoms with E-state index in [2.05, 4.69) is 11.9 Å². The summed E-state index contributed by atoms with van der Waals surface area (Å²) in [6.45, 7) is 2.06. The molecule has 1 aromatic rings. The first kappa shape index (κ1) is 12.3. The second-order valence-corrected chi connectivity index (χ2v) is 4.89. The topological polar surface area (TPSA) is 40.5 Å². The van der Waals surface area contributed by atoms with Gasteiger partial charge in [-0.25, -0.2) is 0 Å². The third-order valence-corrected chi connectivity index (χ3v) is 3.52. The van der Waals surface area contributed by atoms with Crippen molar-refractivity contribution < 1.29 is 9.90 Å². The highest BCUT2D eigenvalue weighted by molar-refractivity contribution is 5.74. The Morgan fingerprint density at radius 3 is 2.71 bits per heavy atom. The lowest BCUT2D eigenvalue weighted by Gasteiger charge is -2.32. The van der Waals surface area contributed by atoms with E-state index in [9.17, 15) is 9.90 Å². The van der Waals surface area contributed by atoms with Crippen LogP contribution in [0.15, 0.2) is 24.3 Å². The van der Waals surface area contributed by atoms with Crippen LogP contribution in [-0.4, -0.2) is 36.4 Å². The third kappa shape index (κ3) is 2.93. The molecule has 0 radical (unpaired) electrons. The van der Waals surface area contributed by atoms with Gasteiger partial charge in [0, 0.05) is 18.0 Å². The van der Waals surface area contributed by atoms with Crippen molar-refractivity contribution in [3.8, 4) is 0 Å². The van der Waals surface area contributed by atoms with E-state index in [1.165, 1.54) is 0 Å². The van der Waals surface area contributed by atoms with Crippen LogP contribution < -0.4 is 0 Å². The van der Waals surface area contributed by atoms with Crippen molar-refractivity contribution in [1.82, 2.24) is 4.90 Å². The van der Waals surface area contributed by atoms with Crippen LogP contribution >= 0.6 is 0 Å². The van der Waals surface area contributed by atoms with Crippen molar-refractivity contribution in [2.24, 2.45) is 5.92 Å². The van der Waals surface area contributed by atoms with Gasteiger partial charge in [0.05, 0.1) is 6.10 Å². The second kappa shape index (κ2) is 5.43. The number of rotatable bonds is 3. The van der Waals surface area contributed by atoms with Crippen molar-refractivity contribution in [2.45, 2.75) is 18.9 Å². The van der Waals surface area contributed by atoms with E-state index in [4.69, 9.17) is 0 Å². The summed E-state index contributed by atoms with van der Waals surface area (Å²) < 4.78 is 0. The van der Waals surface area contributed by atoms with E-state index < -0.39 is 6.10 Å². The molecule has 2 rings (SSSR count). The maximum Gasteiger partial charge on any atom is 0.150 e. The van der Waals surface area contributed by atoms with Crippen molar-refractivity contribution in [2.75, 3.05) is 20.1 Å². The van der Waals surface area contributed by atoms with Crippen LogP contribution in [0.3, 0.4) is 0 Å². The van der Waals surface area contributed by atoms with E-state index in [1.807, 2.05) is 12.1 Å². The van der Waals surface area contributed by atoms with Gasteiger partial charge in [-0.15, -0.1) is 0 Å². The number of piperidine rings is 1. The number of benzene rings is 1. The van der Waals surface area contributed by atoms with Gasteiger partial charge in [-0.05, 0) is 32.0 Å². The predicted molar refractivity (Wildman–Crippen MR) is 67.0 cm³/mol. The summed E-state index contributed by atoms with van der Waals surface area (Å²) in [5, 5.41) is 10.3. The number of aliphatic hydroxyl groups excluding tert-OH is 1. The van der Waals surface area contributed by atoms with Gasteiger partial charge >= 0.3 is 0 Å². The number of nitrogens with zero attached hydrogens (tertiary/aromatic N) is 1. The van der Waals surface area contributed by atoms with Gasteiger partial charge in [0.2, 0.25) is 0 Å². The molecular formula is C14H19NO2. The molecule has 92 valence electrons. The second-order valence-electron chi connectivity index (χ2n) is 4.89. The number of aldehydes is 1. The number of likely N-dealkylation sites (tertiary alicyclic amines) is 1. The van der Waals surface area contributed by atoms with Crippen LogP contribution in [0.4, 0.5) is 0 Å². The largest absolute Gasteiger partial charge is 0.388 e. The third-order valence-electron chi connectivity index (χ3n) is 3.52. The zero-order valence-electron chi connectivity index (χ0n) is 10.2. The number of hydrogen-bond donors (Lipinski definition) is 1. The van der Waals surface area contributed by atoms with Gasteiger partial charge in [-0.3, -0.25) is 4.79 Å². The van der Waals surface area contributed by atoms with Crippen molar-refractivity contribution in [3.63, 3.8) is 0 Å². The van der Waals surface area contributed by atoms with Gasteiger partial charge in [0.25, 0.3) is 0 Å². The van der Waals surface area contributed by atoms with Crippen LogP contribution in [0.25, 0.3) is 0 Å². The monoisotopic (exact) mass is 233 g/mol. The molecule has 3 heteroatoms. The van der Waals surface area contributed by atoms with Crippen molar-refractivity contribution in [1.29, 1.82) is 0 Å². The highest BCUT2D eigenvalue weighted by atomic mass is 16.3. The summed E-state index contributed by atoms with van der Waals surface area (Å²) >= 11 is 0. The summed E-state index contributed by atoms with van der Waals surface area (Å²) in [4.78, 5) is 12.8. The lowest BCUT2D eigenvalue weighted by atomic mass is 9.88. The summed E-state index contributed by atoms with van der Waals surface area (Å²) in [6.07, 6.45) is 2.62. The fourth-order valence-electron chi connectivity index (χ4n) is 2.51. The standard InChI is InChI=1S/C14H19NO2/c1-15-8-2-3-13(9-15)14(17)12-6-4-11(10-16)5-7-12/h4-7,10,13-14,17H,2-3,8-9H2,1H3. The molecule has 0 aromatic heterocycles. The van der Waals surface area contributed by atoms with E-state index in [-0.39, 0.29) is 0 Å². The summed E-state index contributed by atoms with van der Waals surface area (Å²) in [5.74, 6) is 0.302. The van der Waals surface area contributed by atoms with E-state index in [0.29, 0.717) is 11.5 Å². The maximum absolute atomic E-state index is 10.6. The highest BCUT2D eigenvalue weighted by Gasteiger charge is 2.25. The summed E-state index contributed by atoms with van der Waals surface area (Å²) in [7, 11) is 2.09. The molecule has 0 aliphatic carbocycles. The molecule has 1 aliphatic heterocycles. The van der Waals surface area contributed by atoms with Gasteiger partial charge in [0.1, 0.15) is 6.29 Å². The number of hydrogen-bond acceptors (Lipinski definition) is 3. The Bertz CT molecular complexity index is 374. The zero-order chi connectivity index (χ0) is 12.3. The molecule has 0 amide bonds. The first-order valence-electron chi connectivity index (χ1n) is 6.12. The molecule has 1 saturated heterocycles. The average molecular weight is 233 g/mol. The maximum atomic E-state index is 10.6. The Kier molecular flexibility index (Phi) is 3.92. The summed E-state index contributed by atoms with van der Waals surface area (Å²) in [5.41, 5.74) is 1.57. The quantitative estimate of drug-likeness (QED) is 0.810. The Balaban J connectivity index is 2.07. The van der Waals surface area contributed by atoms with Gasteiger partial charge < -0.3 is 10.0 Å². The minimum atomic E-state index is -0.418. The molecule has 0 spiro atoms.